The van der Waals surface area contributed by atoms with Crippen LogP contribution in [0.25, 0.3) is 10.9 Å². The largest absolute Gasteiger partial charge is 0.385 e. The molecule has 3 nitrogen and oxygen atoms in total. The van der Waals surface area contributed by atoms with E-state index < -0.39 is 0 Å². The lowest BCUT2D eigenvalue weighted by Gasteiger charge is -2.12. The van der Waals surface area contributed by atoms with E-state index in [9.17, 15) is 0 Å². The standard InChI is InChI=1S/C13H14Br2N2O/c1-3-16-12-6-9(7-18-2)17-13-10(12)4-8(14)5-11(13)15/h4-6H,3,7H2,1-2H3,(H,16,17). The fourth-order valence-electron chi connectivity index (χ4n) is 1.86. The molecule has 0 unspecified atom stereocenters. The molecule has 0 bridgehead atoms. The van der Waals surface area contributed by atoms with Crippen molar-refractivity contribution in [3.8, 4) is 0 Å². The summed E-state index contributed by atoms with van der Waals surface area (Å²) in [6.07, 6.45) is 0. The average molecular weight is 374 g/mol. The van der Waals surface area contributed by atoms with E-state index in [1.807, 2.05) is 12.1 Å². The first-order chi connectivity index (χ1) is 8.65. The fourth-order valence-corrected chi connectivity index (χ4v) is 3.18. The zero-order valence-electron chi connectivity index (χ0n) is 10.3. The third-order valence-electron chi connectivity index (χ3n) is 2.54. The van der Waals surface area contributed by atoms with Gasteiger partial charge >= 0.3 is 0 Å². The van der Waals surface area contributed by atoms with Gasteiger partial charge in [0.1, 0.15) is 0 Å². The molecule has 0 radical (unpaired) electrons. The first-order valence-electron chi connectivity index (χ1n) is 5.67. The molecule has 1 N–H and O–H groups in total. The van der Waals surface area contributed by atoms with Gasteiger partial charge in [-0.3, -0.25) is 0 Å². The molecule has 1 aromatic carbocycles. The van der Waals surface area contributed by atoms with Crippen LogP contribution in [0.1, 0.15) is 12.6 Å². The van der Waals surface area contributed by atoms with Crippen molar-refractivity contribution in [3.05, 3.63) is 32.8 Å². The summed E-state index contributed by atoms with van der Waals surface area (Å²) in [7, 11) is 1.68. The van der Waals surface area contributed by atoms with E-state index in [-0.39, 0.29) is 0 Å². The van der Waals surface area contributed by atoms with Crippen LogP contribution in [0, 0.1) is 0 Å². The Bertz CT molecular complexity index is 572. The van der Waals surface area contributed by atoms with Crippen molar-refractivity contribution in [2.75, 3.05) is 19.0 Å². The van der Waals surface area contributed by atoms with Gasteiger partial charge in [0, 0.05) is 33.7 Å². The molecule has 0 spiro atoms. The summed E-state index contributed by atoms with van der Waals surface area (Å²) in [5.41, 5.74) is 2.95. The van der Waals surface area contributed by atoms with E-state index >= 15 is 0 Å². The topological polar surface area (TPSA) is 34.1 Å². The third-order valence-corrected chi connectivity index (χ3v) is 3.61. The minimum absolute atomic E-state index is 0.511. The number of aromatic nitrogens is 1. The highest BCUT2D eigenvalue weighted by molar-refractivity contribution is 9.11. The number of fused-ring (bicyclic) bond motifs is 1. The van der Waals surface area contributed by atoms with Crippen molar-refractivity contribution in [1.82, 2.24) is 4.98 Å². The van der Waals surface area contributed by atoms with Crippen LogP contribution in [0.15, 0.2) is 27.1 Å². The Labute approximate surface area is 123 Å². The second-order valence-corrected chi connectivity index (χ2v) is 5.68. The predicted octanol–water partition coefficient (Wildman–Crippen LogP) is 4.34. The second kappa shape index (κ2) is 5.99. The molecular weight excluding hydrogens is 360 g/mol. The van der Waals surface area contributed by atoms with Crippen LogP contribution in [0.2, 0.25) is 0 Å². The summed E-state index contributed by atoms with van der Waals surface area (Å²) < 4.78 is 7.16. The van der Waals surface area contributed by atoms with Gasteiger partial charge < -0.3 is 10.1 Å². The van der Waals surface area contributed by atoms with Crippen LogP contribution >= 0.6 is 31.9 Å². The minimum Gasteiger partial charge on any atom is -0.385 e. The number of benzene rings is 1. The van der Waals surface area contributed by atoms with E-state index in [1.54, 1.807) is 7.11 Å². The van der Waals surface area contributed by atoms with Crippen LogP contribution in [-0.2, 0) is 11.3 Å². The molecule has 2 rings (SSSR count). The van der Waals surface area contributed by atoms with Crippen molar-refractivity contribution in [2.24, 2.45) is 0 Å². The maximum absolute atomic E-state index is 5.16. The van der Waals surface area contributed by atoms with Gasteiger partial charge in [0.05, 0.1) is 17.8 Å². The molecule has 0 saturated heterocycles. The fraction of sp³-hybridized carbons (Fsp3) is 0.308. The number of rotatable bonds is 4. The van der Waals surface area contributed by atoms with E-state index in [0.29, 0.717) is 6.61 Å². The molecule has 5 heteroatoms. The Kier molecular flexibility index (Phi) is 4.59. The number of ether oxygens (including phenoxy) is 1. The highest BCUT2D eigenvalue weighted by atomic mass is 79.9. The summed E-state index contributed by atoms with van der Waals surface area (Å²) in [4.78, 5) is 4.62. The minimum atomic E-state index is 0.511. The Morgan fingerprint density at radius 3 is 2.72 bits per heavy atom. The maximum Gasteiger partial charge on any atom is 0.0885 e. The number of halogens is 2. The first kappa shape index (κ1) is 13.8. The van der Waals surface area contributed by atoms with Crippen LogP contribution in [0.5, 0.6) is 0 Å². The Morgan fingerprint density at radius 2 is 2.06 bits per heavy atom. The van der Waals surface area contributed by atoms with Gasteiger partial charge in [-0.2, -0.15) is 0 Å². The lowest BCUT2D eigenvalue weighted by atomic mass is 10.1. The summed E-state index contributed by atoms with van der Waals surface area (Å²) in [5, 5.41) is 4.46. The van der Waals surface area contributed by atoms with Crippen molar-refractivity contribution in [2.45, 2.75) is 13.5 Å². The molecule has 1 heterocycles. The lowest BCUT2D eigenvalue weighted by Crippen LogP contribution is -2.01. The van der Waals surface area contributed by atoms with Gasteiger partial charge in [0.25, 0.3) is 0 Å². The number of pyridine rings is 1. The van der Waals surface area contributed by atoms with E-state index in [1.165, 1.54) is 0 Å². The van der Waals surface area contributed by atoms with Gasteiger partial charge in [-0.15, -0.1) is 0 Å². The normalized spacial score (nSPS) is 10.9. The quantitative estimate of drug-likeness (QED) is 0.865. The van der Waals surface area contributed by atoms with Crippen LogP contribution < -0.4 is 5.32 Å². The molecule has 18 heavy (non-hydrogen) atoms. The number of hydrogen-bond acceptors (Lipinski definition) is 3. The molecule has 0 aliphatic carbocycles. The molecule has 0 aliphatic rings. The van der Waals surface area contributed by atoms with Gasteiger partial charge in [-0.25, -0.2) is 4.98 Å². The number of anilines is 1. The van der Waals surface area contributed by atoms with Gasteiger partial charge in [0.15, 0.2) is 0 Å². The second-order valence-electron chi connectivity index (χ2n) is 3.91. The molecule has 96 valence electrons. The Balaban J connectivity index is 2.68. The smallest absolute Gasteiger partial charge is 0.0885 e. The summed E-state index contributed by atoms with van der Waals surface area (Å²) in [6, 6.07) is 6.11. The van der Waals surface area contributed by atoms with Crippen LogP contribution in [0.3, 0.4) is 0 Å². The number of methoxy groups -OCH3 is 1. The van der Waals surface area contributed by atoms with Crippen LogP contribution in [-0.4, -0.2) is 18.6 Å². The van der Waals surface area contributed by atoms with Crippen molar-refractivity contribution < 1.29 is 4.74 Å². The number of hydrogen-bond donors (Lipinski definition) is 1. The molecule has 0 amide bonds. The Morgan fingerprint density at radius 1 is 1.28 bits per heavy atom. The third kappa shape index (κ3) is 2.84. The van der Waals surface area contributed by atoms with Crippen molar-refractivity contribution >= 4 is 48.5 Å². The molecule has 2 aromatic rings. The molecule has 0 atom stereocenters. The molecule has 1 aromatic heterocycles. The van der Waals surface area contributed by atoms with Gasteiger partial charge in [-0.05, 0) is 41.1 Å². The first-order valence-corrected chi connectivity index (χ1v) is 7.25. The van der Waals surface area contributed by atoms with Crippen molar-refractivity contribution in [1.29, 1.82) is 0 Å². The molecule has 0 saturated carbocycles. The van der Waals surface area contributed by atoms with Crippen molar-refractivity contribution in [3.63, 3.8) is 0 Å². The summed E-state index contributed by atoms with van der Waals surface area (Å²) in [6.45, 7) is 3.46. The van der Waals surface area contributed by atoms with E-state index in [2.05, 4.69) is 55.2 Å². The zero-order valence-corrected chi connectivity index (χ0v) is 13.4. The number of nitrogens with zero attached hydrogens (tertiary/aromatic N) is 1. The van der Waals surface area contributed by atoms with E-state index in [4.69, 9.17) is 4.74 Å². The molecular formula is C13H14Br2N2O. The highest BCUT2D eigenvalue weighted by Gasteiger charge is 2.09. The monoisotopic (exact) mass is 372 g/mol. The summed E-state index contributed by atoms with van der Waals surface area (Å²) in [5.74, 6) is 0. The molecule has 0 aliphatic heterocycles. The maximum atomic E-state index is 5.16. The SMILES string of the molecule is CCNc1cc(COC)nc2c(Br)cc(Br)cc12. The highest BCUT2D eigenvalue weighted by Crippen LogP contribution is 2.32. The predicted molar refractivity (Wildman–Crippen MR) is 82.0 cm³/mol. The molecule has 0 fully saturated rings. The lowest BCUT2D eigenvalue weighted by molar-refractivity contribution is 0.182. The zero-order chi connectivity index (χ0) is 13.1. The van der Waals surface area contributed by atoms with Crippen LogP contribution in [0.4, 0.5) is 5.69 Å². The average Bonchev–Trinajstić information content (AvgIpc) is 2.31. The Hall–Kier alpha value is -0.650. The van der Waals surface area contributed by atoms with Gasteiger partial charge in [-0.1, -0.05) is 15.9 Å². The number of nitrogens with one attached hydrogen (secondary N) is 1. The summed E-state index contributed by atoms with van der Waals surface area (Å²) >= 11 is 7.06. The van der Waals surface area contributed by atoms with Gasteiger partial charge in [0.2, 0.25) is 0 Å². The van der Waals surface area contributed by atoms with E-state index in [0.717, 1.165) is 37.8 Å².